The first-order chi connectivity index (χ1) is 8.81. The first-order valence-electron chi connectivity index (χ1n) is 5.33. The molecule has 0 unspecified atom stereocenters. The van der Waals surface area contributed by atoms with E-state index in [1.54, 1.807) is 19.1 Å². The lowest BCUT2D eigenvalue weighted by atomic mass is 10.1. The number of halogens is 1. The number of thiophene rings is 2. The summed E-state index contributed by atoms with van der Waals surface area (Å²) in [4.78, 5) is 0.725. The summed E-state index contributed by atoms with van der Waals surface area (Å²) in [7, 11) is -3.58. The molecule has 0 spiro atoms. The smallest absolute Gasteiger partial charge is 0.250 e. The zero-order valence-corrected chi connectivity index (χ0v) is 14.0. The lowest BCUT2D eigenvalue weighted by Gasteiger charge is -2.21. The van der Waals surface area contributed by atoms with Crippen molar-refractivity contribution >= 4 is 48.6 Å². The molecule has 19 heavy (non-hydrogen) atoms. The second-order valence-electron chi connectivity index (χ2n) is 4.13. The molecular formula is C11H12BrNO3S3. The van der Waals surface area contributed by atoms with Gasteiger partial charge in [0.25, 0.3) is 0 Å². The molecule has 0 saturated heterocycles. The van der Waals surface area contributed by atoms with Gasteiger partial charge in [-0.3, -0.25) is 0 Å². The molecular weight excluding hydrogens is 370 g/mol. The van der Waals surface area contributed by atoms with Gasteiger partial charge in [0.2, 0.25) is 10.0 Å². The highest BCUT2D eigenvalue weighted by Crippen LogP contribution is 2.28. The van der Waals surface area contributed by atoms with Gasteiger partial charge in [0, 0.05) is 11.4 Å². The number of nitrogens with one attached hydrogen (secondary N) is 1. The molecule has 2 heterocycles. The van der Waals surface area contributed by atoms with E-state index >= 15 is 0 Å². The van der Waals surface area contributed by atoms with Gasteiger partial charge in [-0.2, -0.15) is 0 Å². The first kappa shape index (κ1) is 15.1. The topological polar surface area (TPSA) is 66.4 Å². The second-order valence-corrected chi connectivity index (χ2v) is 9.54. The van der Waals surface area contributed by atoms with Gasteiger partial charge in [-0.05, 0) is 46.4 Å². The zero-order valence-electron chi connectivity index (χ0n) is 9.96. The van der Waals surface area contributed by atoms with E-state index in [0.717, 1.165) is 20.0 Å². The maximum atomic E-state index is 12.0. The Morgan fingerprint density at radius 2 is 2.16 bits per heavy atom. The van der Waals surface area contributed by atoms with Crippen LogP contribution in [0.25, 0.3) is 0 Å². The van der Waals surface area contributed by atoms with Crippen LogP contribution in [0.4, 0.5) is 0 Å². The van der Waals surface area contributed by atoms with Crippen molar-refractivity contribution in [1.29, 1.82) is 0 Å². The fourth-order valence-corrected chi connectivity index (χ4v) is 5.39. The van der Waals surface area contributed by atoms with Crippen molar-refractivity contribution in [3.8, 4) is 0 Å². The van der Waals surface area contributed by atoms with Crippen molar-refractivity contribution in [3.63, 3.8) is 0 Å². The van der Waals surface area contributed by atoms with Crippen LogP contribution >= 0.6 is 38.6 Å². The Labute approximate surface area is 128 Å². The molecule has 104 valence electrons. The highest BCUT2D eigenvalue weighted by molar-refractivity contribution is 9.11. The molecule has 0 aliphatic carbocycles. The number of hydrogen-bond donors (Lipinski definition) is 2. The lowest BCUT2D eigenvalue weighted by molar-refractivity contribution is 0.0666. The third kappa shape index (κ3) is 3.65. The quantitative estimate of drug-likeness (QED) is 0.836. The van der Waals surface area contributed by atoms with E-state index in [9.17, 15) is 13.5 Å². The van der Waals surface area contributed by atoms with Crippen molar-refractivity contribution in [2.75, 3.05) is 6.54 Å². The molecule has 2 aromatic heterocycles. The Kier molecular flexibility index (Phi) is 4.49. The fourth-order valence-electron chi connectivity index (χ4n) is 1.42. The molecule has 0 radical (unpaired) electrons. The molecule has 0 aromatic carbocycles. The predicted octanol–water partition coefficient (Wildman–Crippen LogP) is 2.76. The Morgan fingerprint density at radius 1 is 1.42 bits per heavy atom. The number of sulfonamides is 1. The minimum absolute atomic E-state index is 0.0641. The summed E-state index contributed by atoms with van der Waals surface area (Å²) in [5, 5.41) is 12.1. The largest absolute Gasteiger partial charge is 0.383 e. The molecule has 0 saturated carbocycles. The Hall–Kier alpha value is -0.250. The number of hydrogen-bond acceptors (Lipinski definition) is 5. The summed E-state index contributed by atoms with van der Waals surface area (Å²) in [5.41, 5.74) is -1.21. The molecule has 2 rings (SSSR count). The Bertz CT molecular complexity index is 647. The Morgan fingerprint density at radius 3 is 2.68 bits per heavy atom. The van der Waals surface area contributed by atoms with Crippen LogP contribution in [0.5, 0.6) is 0 Å². The van der Waals surface area contributed by atoms with Crippen LogP contribution in [0.3, 0.4) is 0 Å². The van der Waals surface area contributed by atoms with E-state index in [4.69, 9.17) is 0 Å². The lowest BCUT2D eigenvalue weighted by Crippen LogP contribution is -2.37. The highest BCUT2D eigenvalue weighted by atomic mass is 79.9. The van der Waals surface area contributed by atoms with Crippen molar-refractivity contribution in [1.82, 2.24) is 4.72 Å². The van der Waals surface area contributed by atoms with Crippen LogP contribution in [-0.4, -0.2) is 20.1 Å². The van der Waals surface area contributed by atoms with Crippen molar-refractivity contribution in [2.24, 2.45) is 0 Å². The van der Waals surface area contributed by atoms with Crippen LogP contribution in [-0.2, 0) is 15.6 Å². The van der Waals surface area contributed by atoms with Gasteiger partial charge in [-0.25, -0.2) is 13.1 Å². The standard InChI is InChI=1S/C11H12BrNO3S3/c1-11(14,8-3-2-6-17-8)7-13-19(15,16)10-5-4-9(12)18-10/h2-6,13-14H,7H2,1H3/t11-/m0/s1. The van der Waals surface area contributed by atoms with Gasteiger partial charge in [0.15, 0.2) is 0 Å². The van der Waals surface area contributed by atoms with Gasteiger partial charge in [0.05, 0.1) is 3.79 Å². The summed E-state index contributed by atoms with van der Waals surface area (Å²) < 4.78 is 27.5. The average Bonchev–Trinajstić information content (AvgIpc) is 2.97. The third-order valence-corrected chi connectivity index (χ3v) is 7.11. The second kappa shape index (κ2) is 5.63. The van der Waals surface area contributed by atoms with E-state index in [0.29, 0.717) is 0 Å². The van der Waals surface area contributed by atoms with Crippen molar-refractivity contribution in [3.05, 3.63) is 38.3 Å². The average molecular weight is 382 g/mol. The van der Waals surface area contributed by atoms with Gasteiger partial charge in [-0.15, -0.1) is 22.7 Å². The van der Waals surface area contributed by atoms with Crippen molar-refractivity contribution in [2.45, 2.75) is 16.7 Å². The maximum absolute atomic E-state index is 12.0. The summed E-state index contributed by atoms with van der Waals surface area (Å²) >= 11 is 5.75. The van der Waals surface area contributed by atoms with E-state index in [2.05, 4.69) is 20.7 Å². The molecule has 2 N–H and O–H groups in total. The normalized spacial score (nSPS) is 15.3. The van der Waals surface area contributed by atoms with E-state index in [1.165, 1.54) is 17.4 Å². The van der Waals surface area contributed by atoms with Gasteiger partial charge in [0.1, 0.15) is 9.81 Å². The molecule has 2 aromatic rings. The van der Waals surface area contributed by atoms with E-state index < -0.39 is 15.6 Å². The summed E-state index contributed by atoms with van der Waals surface area (Å²) in [6, 6.07) is 6.80. The van der Waals surface area contributed by atoms with Crippen molar-refractivity contribution < 1.29 is 13.5 Å². The first-order valence-corrected chi connectivity index (χ1v) is 9.30. The van der Waals surface area contributed by atoms with E-state index in [-0.39, 0.29) is 10.8 Å². The zero-order chi connectivity index (χ0) is 14.1. The van der Waals surface area contributed by atoms with Gasteiger partial charge < -0.3 is 5.11 Å². The SMILES string of the molecule is C[C@](O)(CNS(=O)(=O)c1ccc(Br)s1)c1cccs1. The predicted molar refractivity (Wildman–Crippen MR) is 81.1 cm³/mol. The summed E-state index contributed by atoms with van der Waals surface area (Å²) in [6.45, 7) is 1.52. The maximum Gasteiger partial charge on any atom is 0.250 e. The number of aliphatic hydroxyl groups is 1. The van der Waals surface area contributed by atoms with E-state index in [1.807, 2.05) is 11.4 Å². The molecule has 0 aliphatic rings. The molecule has 0 bridgehead atoms. The molecule has 0 fully saturated rings. The number of rotatable bonds is 5. The summed E-state index contributed by atoms with van der Waals surface area (Å²) in [5.74, 6) is 0. The Balaban J connectivity index is 2.10. The molecule has 8 heteroatoms. The summed E-state index contributed by atoms with van der Waals surface area (Å²) in [6.07, 6.45) is 0. The monoisotopic (exact) mass is 381 g/mol. The molecule has 0 aliphatic heterocycles. The highest BCUT2D eigenvalue weighted by Gasteiger charge is 2.27. The van der Waals surface area contributed by atoms with Crippen LogP contribution in [0, 0.1) is 0 Å². The minimum atomic E-state index is -3.58. The third-order valence-electron chi connectivity index (χ3n) is 2.47. The fraction of sp³-hybridized carbons (Fsp3) is 0.273. The molecule has 1 atom stereocenters. The van der Waals surface area contributed by atoms with Crippen LogP contribution in [0.1, 0.15) is 11.8 Å². The molecule has 0 amide bonds. The van der Waals surface area contributed by atoms with Gasteiger partial charge in [-0.1, -0.05) is 6.07 Å². The minimum Gasteiger partial charge on any atom is -0.383 e. The van der Waals surface area contributed by atoms with Crippen LogP contribution < -0.4 is 4.72 Å². The van der Waals surface area contributed by atoms with Crippen LogP contribution in [0.2, 0.25) is 0 Å². The molecule has 4 nitrogen and oxygen atoms in total. The van der Waals surface area contributed by atoms with Gasteiger partial charge >= 0.3 is 0 Å². The van der Waals surface area contributed by atoms with Crippen LogP contribution in [0.15, 0.2) is 37.6 Å².